The first-order chi connectivity index (χ1) is 15.5. The van der Waals surface area contributed by atoms with Gasteiger partial charge in [-0.15, -0.1) is 0 Å². The fourth-order valence-corrected chi connectivity index (χ4v) is 3.49. The summed E-state index contributed by atoms with van der Waals surface area (Å²) in [5, 5.41) is 4.99. The standard InChI is InChI=1S/C24H31N5O4/c1-7-18-19(9-8-10-20(18)33-6)21(30)28-29(24(4,5)14-26-27-23(25)32)22(31)17-12-15(2)11-16(3)13-17/h8-14H,7H2,1-6H3,(H,28,30)(H3,25,27,32)/b26-14+. The van der Waals surface area contributed by atoms with Gasteiger partial charge < -0.3 is 10.5 Å². The largest absolute Gasteiger partial charge is 0.496 e. The molecule has 0 bridgehead atoms. The maximum absolute atomic E-state index is 13.6. The number of ether oxygens (including phenoxy) is 1. The summed E-state index contributed by atoms with van der Waals surface area (Å²) in [6.07, 6.45) is 1.88. The van der Waals surface area contributed by atoms with Crippen molar-refractivity contribution >= 4 is 24.1 Å². The number of benzene rings is 2. The molecule has 4 N–H and O–H groups in total. The fraction of sp³-hybridized carbons (Fsp3) is 0.333. The number of primary amides is 1. The molecule has 2 aromatic carbocycles. The van der Waals surface area contributed by atoms with Crippen LogP contribution in [0.2, 0.25) is 0 Å². The molecule has 0 fully saturated rings. The fourth-order valence-electron chi connectivity index (χ4n) is 3.49. The van der Waals surface area contributed by atoms with E-state index < -0.39 is 23.4 Å². The molecular formula is C24H31N5O4. The monoisotopic (exact) mass is 453 g/mol. The van der Waals surface area contributed by atoms with Crippen LogP contribution in [0.1, 0.15) is 58.2 Å². The second kappa shape index (κ2) is 10.6. The van der Waals surface area contributed by atoms with Gasteiger partial charge in [0.1, 0.15) is 5.75 Å². The molecule has 0 aromatic heterocycles. The number of amides is 4. The van der Waals surface area contributed by atoms with Gasteiger partial charge in [-0.2, -0.15) is 5.10 Å². The Hall–Kier alpha value is -3.88. The van der Waals surface area contributed by atoms with Crippen molar-refractivity contribution in [2.45, 2.75) is 46.6 Å². The van der Waals surface area contributed by atoms with Crippen LogP contribution >= 0.6 is 0 Å². The highest BCUT2D eigenvalue weighted by molar-refractivity contribution is 6.02. The number of nitrogens with zero attached hydrogens (tertiary/aromatic N) is 2. The number of methoxy groups -OCH3 is 1. The third-order valence-corrected chi connectivity index (χ3v) is 4.97. The molecule has 2 rings (SSSR count). The molecule has 0 aliphatic heterocycles. The number of hydrazone groups is 1. The summed E-state index contributed by atoms with van der Waals surface area (Å²) >= 11 is 0. The Balaban J connectivity index is 2.51. The van der Waals surface area contributed by atoms with Crippen molar-refractivity contribution in [3.63, 3.8) is 0 Å². The van der Waals surface area contributed by atoms with Crippen LogP contribution in [0.25, 0.3) is 0 Å². The molecule has 0 atom stereocenters. The van der Waals surface area contributed by atoms with E-state index in [0.29, 0.717) is 23.3 Å². The first kappa shape index (κ1) is 25.4. The maximum Gasteiger partial charge on any atom is 0.332 e. The minimum Gasteiger partial charge on any atom is -0.496 e. The first-order valence-corrected chi connectivity index (χ1v) is 10.5. The smallest absolute Gasteiger partial charge is 0.332 e. The van der Waals surface area contributed by atoms with Crippen LogP contribution in [0.5, 0.6) is 5.75 Å². The summed E-state index contributed by atoms with van der Waals surface area (Å²) in [7, 11) is 1.54. The normalized spacial score (nSPS) is 11.2. The van der Waals surface area contributed by atoms with Crippen molar-refractivity contribution in [3.05, 3.63) is 64.2 Å². The lowest BCUT2D eigenvalue weighted by Gasteiger charge is -2.35. The van der Waals surface area contributed by atoms with Gasteiger partial charge >= 0.3 is 6.03 Å². The number of urea groups is 1. The van der Waals surface area contributed by atoms with Crippen molar-refractivity contribution in [2.24, 2.45) is 10.8 Å². The Morgan fingerprint density at radius 3 is 2.33 bits per heavy atom. The lowest BCUT2D eigenvalue weighted by atomic mass is 10.0. The van der Waals surface area contributed by atoms with E-state index >= 15 is 0 Å². The predicted molar refractivity (Wildman–Crippen MR) is 127 cm³/mol. The highest BCUT2D eigenvalue weighted by Gasteiger charge is 2.33. The average Bonchev–Trinajstić information content (AvgIpc) is 2.74. The second-order valence-electron chi connectivity index (χ2n) is 8.19. The highest BCUT2D eigenvalue weighted by atomic mass is 16.5. The topological polar surface area (TPSA) is 126 Å². The van der Waals surface area contributed by atoms with Crippen molar-refractivity contribution in [1.29, 1.82) is 0 Å². The van der Waals surface area contributed by atoms with E-state index in [4.69, 9.17) is 10.5 Å². The second-order valence-corrected chi connectivity index (χ2v) is 8.19. The van der Waals surface area contributed by atoms with E-state index in [1.165, 1.54) is 18.3 Å². The number of hydrogen-bond donors (Lipinski definition) is 3. The molecule has 2 aromatic rings. The quantitative estimate of drug-likeness (QED) is 0.440. The van der Waals surface area contributed by atoms with E-state index in [1.54, 1.807) is 44.2 Å². The first-order valence-electron chi connectivity index (χ1n) is 10.5. The van der Waals surface area contributed by atoms with E-state index in [9.17, 15) is 14.4 Å². The Kier molecular flexibility index (Phi) is 8.17. The summed E-state index contributed by atoms with van der Waals surface area (Å²) in [6, 6.07) is 9.76. The Morgan fingerprint density at radius 2 is 1.79 bits per heavy atom. The average molecular weight is 454 g/mol. The van der Waals surface area contributed by atoms with Crippen LogP contribution in [0.15, 0.2) is 41.5 Å². The number of nitrogens with one attached hydrogen (secondary N) is 2. The Labute approximate surface area is 194 Å². The maximum atomic E-state index is 13.6. The lowest BCUT2D eigenvalue weighted by Crippen LogP contribution is -2.58. The zero-order valence-electron chi connectivity index (χ0n) is 19.9. The lowest BCUT2D eigenvalue weighted by molar-refractivity contribution is 0.0449. The van der Waals surface area contributed by atoms with Gasteiger partial charge in [0.15, 0.2) is 0 Å². The van der Waals surface area contributed by atoms with Crippen LogP contribution in [0.3, 0.4) is 0 Å². The van der Waals surface area contributed by atoms with Gasteiger partial charge in [-0.3, -0.25) is 15.0 Å². The molecule has 4 amide bonds. The zero-order chi connectivity index (χ0) is 24.8. The van der Waals surface area contributed by atoms with Crippen LogP contribution in [0, 0.1) is 13.8 Å². The van der Waals surface area contributed by atoms with Crippen LogP contribution in [-0.4, -0.2) is 41.7 Å². The molecule has 0 spiro atoms. The molecule has 0 saturated heterocycles. The SMILES string of the molecule is CCc1c(OC)cccc1C(=O)NN(C(=O)c1cc(C)cc(C)c1)C(C)(C)/C=N/NC(N)=O. The molecule has 176 valence electrons. The molecule has 9 nitrogen and oxygen atoms in total. The summed E-state index contributed by atoms with van der Waals surface area (Å²) in [6.45, 7) is 9.04. The van der Waals surface area contributed by atoms with Crippen molar-refractivity contribution in [1.82, 2.24) is 15.9 Å². The Morgan fingerprint density at radius 1 is 1.15 bits per heavy atom. The molecular weight excluding hydrogens is 422 g/mol. The van der Waals surface area contributed by atoms with E-state index in [1.807, 2.05) is 26.8 Å². The van der Waals surface area contributed by atoms with Crippen LogP contribution in [-0.2, 0) is 6.42 Å². The van der Waals surface area contributed by atoms with Gasteiger partial charge in [-0.1, -0.05) is 30.2 Å². The third kappa shape index (κ3) is 6.31. The number of hydrogen-bond acceptors (Lipinski definition) is 5. The summed E-state index contributed by atoms with van der Waals surface area (Å²) in [5.74, 6) is -0.330. The Bertz CT molecular complexity index is 1060. The summed E-state index contributed by atoms with van der Waals surface area (Å²) < 4.78 is 5.38. The van der Waals surface area contributed by atoms with Crippen molar-refractivity contribution in [2.75, 3.05) is 7.11 Å². The third-order valence-electron chi connectivity index (χ3n) is 4.97. The highest BCUT2D eigenvalue weighted by Crippen LogP contribution is 2.24. The molecule has 0 aliphatic rings. The van der Waals surface area contributed by atoms with E-state index in [0.717, 1.165) is 16.7 Å². The number of carbonyl (C=O) groups is 3. The molecule has 0 aliphatic carbocycles. The van der Waals surface area contributed by atoms with Gasteiger partial charge in [0.05, 0.1) is 18.9 Å². The van der Waals surface area contributed by atoms with Crippen LogP contribution < -0.4 is 21.3 Å². The van der Waals surface area contributed by atoms with E-state index in [2.05, 4.69) is 16.0 Å². The molecule has 9 heteroatoms. The molecule has 33 heavy (non-hydrogen) atoms. The number of carbonyl (C=O) groups excluding carboxylic acids is 3. The number of rotatable bonds is 7. The van der Waals surface area contributed by atoms with Gasteiger partial charge in [0.2, 0.25) is 0 Å². The predicted octanol–water partition coefficient (Wildman–Crippen LogP) is 3.09. The number of hydrazine groups is 1. The van der Waals surface area contributed by atoms with Gasteiger partial charge in [-0.05, 0) is 58.4 Å². The minimum absolute atomic E-state index is 0.387. The van der Waals surface area contributed by atoms with Gasteiger partial charge in [0, 0.05) is 16.7 Å². The van der Waals surface area contributed by atoms with Gasteiger partial charge in [-0.25, -0.2) is 15.2 Å². The van der Waals surface area contributed by atoms with Crippen LogP contribution in [0.4, 0.5) is 4.79 Å². The van der Waals surface area contributed by atoms with Gasteiger partial charge in [0.25, 0.3) is 11.8 Å². The summed E-state index contributed by atoms with van der Waals surface area (Å²) in [5.41, 5.74) is 12.1. The molecule has 0 heterocycles. The zero-order valence-corrected chi connectivity index (χ0v) is 19.9. The minimum atomic E-state index is -1.13. The molecule has 0 radical (unpaired) electrons. The number of aryl methyl sites for hydroxylation is 2. The van der Waals surface area contributed by atoms with Crippen molar-refractivity contribution < 1.29 is 19.1 Å². The van der Waals surface area contributed by atoms with E-state index in [-0.39, 0.29) is 0 Å². The molecule has 0 saturated carbocycles. The number of nitrogens with two attached hydrogens (primary N) is 1. The molecule has 0 unspecified atom stereocenters. The van der Waals surface area contributed by atoms with Crippen molar-refractivity contribution in [3.8, 4) is 5.75 Å². The summed E-state index contributed by atoms with van der Waals surface area (Å²) in [4.78, 5) is 37.9.